The summed E-state index contributed by atoms with van der Waals surface area (Å²) in [6.45, 7) is 0.332. The number of benzene rings is 3. The summed E-state index contributed by atoms with van der Waals surface area (Å²) in [5.74, 6) is -0.778. The second kappa shape index (κ2) is 13.5. The zero-order valence-corrected chi connectivity index (χ0v) is 23.0. The lowest BCUT2D eigenvalue weighted by atomic mass is 9.84. The molecule has 0 unspecified atom stereocenters. The average molecular weight is 569 g/mol. The number of carboxylic acids is 1. The van der Waals surface area contributed by atoms with Crippen molar-refractivity contribution in [3.63, 3.8) is 0 Å². The molecule has 1 aliphatic rings. The van der Waals surface area contributed by atoms with Gasteiger partial charge in [-0.3, -0.25) is 14.5 Å². The summed E-state index contributed by atoms with van der Waals surface area (Å²) >= 11 is 12.2. The average Bonchev–Trinajstić information content (AvgIpc) is 2.92. The molecule has 1 fully saturated rings. The second-order valence-electron chi connectivity index (χ2n) is 9.70. The normalized spacial score (nSPS) is 13.5. The summed E-state index contributed by atoms with van der Waals surface area (Å²) in [4.78, 5) is 38.1. The predicted molar refractivity (Wildman–Crippen MR) is 155 cm³/mol. The Kier molecular flexibility index (Phi) is 9.85. The number of urea groups is 1. The molecule has 0 saturated heterocycles. The molecule has 0 aliphatic heterocycles. The lowest BCUT2D eigenvalue weighted by Crippen LogP contribution is -2.34. The van der Waals surface area contributed by atoms with Gasteiger partial charge in [0.1, 0.15) is 0 Å². The van der Waals surface area contributed by atoms with E-state index in [2.05, 4.69) is 34.9 Å². The first-order valence-corrected chi connectivity index (χ1v) is 13.8. The van der Waals surface area contributed by atoms with E-state index in [4.69, 9.17) is 28.3 Å². The molecule has 3 aromatic carbocycles. The zero-order chi connectivity index (χ0) is 27.8. The summed E-state index contributed by atoms with van der Waals surface area (Å²) in [5.41, 5.74) is 3.71. The van der Waals surface area contributed by atoms with Gasteiger partial charge in [-0.15, -0.1) is 0 Å². The number of aliphatic carboxylic acids is 1. The van der Waals surface area contributed by atoms with Crippen molar-refractivity contribution in [1.29, 1.82) is 0 Å². The minimum absolute atomic E-state index is 0.0312. The van der Waals surface area contributed by atoms with Crippen LogP contribution in [-0.4, -0.2) is 29.6 Å². The summed E-state index contributed by atoms with van der Waals surface area (Å²) in [5, 5.41) is 15.0. The Labute approximate surface area is 238 Å². The maximum Gasteiger partial charge on any atom is 0.326 e. The SMILES string of the molecule is O=C(O)CCNC(=O)c1ccc(N(Cc2ccc(C3CCCCC3)cc2)C(=O)Nc2cc(Cl)cc(Cl)c2)cc1. The van der Waals surface area contributed by atoms with Crippen LogP contribution in [0.2, 0.25) is 10.0 Å². The molecule has 1 aliphatic carbocycles. The fourth-order valence-corrected chi connectivity index (χ4v) is 5.31. The van der Waals surface area contributed by atoms with E-state index in [9.17, 15) is 14.4 Å². The van der Waals surface area contributed by atoms with E-state index in [1.165, 1.54) is 37.7 Å². The van der Waals surface area contributed by atoms with Crippen LogP contribution >= 0.6 is 23.2 Å². The van der Waals surface area contributed by atoms with Gasteiger partial charge in [0, 0.05) is 33.5 Å². The highest BCUT2D eigenvalue weighted by molar-refractivity contribution is 6.35. The Morgan fingerprint density at radius 1 is 0.872 bits per heavy atom. The van der Waals surface area contributed by atoms with Crippen LogP contribution in [0.5, 0.6) is 0 Å². The molecule has 204 valence electrons. The maximum absolute atomic E-state index is 13.5. The van der Waals surface area contributed by atoms with Crippen molar-refractivity contribution in [2.45, 2.75) is 51.0 Å². The number of nitrogens with zero attached hydrogens (tertiary/aromatic N) is 1. The number of carbonyl (C=O) groups is 3. The highest BCUT2D eigenvalue weighted by Crippen LogP contribution is 2.33. The molecule has 9 heteroatoms. The topological polar surface area (TPSA) is 98.7 Å². The largest absolute Gasteiger partial charge is 0.481 e. The minimum atomic E-state index is -0.986. The molecular formula is C30H31Cl2N3O4. The zero-order valence-electron chi connectivity index (χ0n) is 21.5. The van der Waals surface area contributed by atoms with Gasteiger partial charge in [0.25, 0.3) is 5.91 Å². The van der Waals surface area contributed by atoms with Crippen LogP contribution in [0.25, 0.3) is 0 Å². The third-order valence-electron chi connectivity index (χ3n) is 6.82. The molecule has 1 saturated carbocycles. The van der Waals surface area contributed by atoms with E-state index >= 15 is 0 Å². The Hall–Kier alpha value is -3.55. The molecule has 7 nitrogen and oxygen atoms in total. The van der Waals surface area contributed by atoms with E-state index in [0.717, 1.165) is 5.56 Å². The highest BCUT2D eigenvalue weighted by atomic mass is 35.5. The van der Waals surface area contributed by atoms with Crippen LogP contribution < -0.4 is 15.5 Å². The molecule has 4 rings (SSSR count). The van der Waals surface area contributed by atoms with Crippen LogP contribution in [0, 0.1) is 0 Å². The molecular weight excluding hydrogens is 537 g/mol. The van der Waals surface area contributed by atoms with Crippen LogP contribution in [0.4, 0.5) is 16.2 Å². The maximum atomic E-state index is 13.5. The van der Waals surface area contributed by atoms with Gasteiger partial charge in [-0.1, -0.05) is 66.7 Å². The highest BCUT2D eigenvalue weighted by Gasteiger charge is 2.19. The van der Waals surface area contributed by atoms with Crippen LogP contribution in [-0.2, 0) is 11.3 Å². The number of anilines is 2. The molecule has 0 spiro atoms. The Balaban J connectivity index is 1.53. The second-order valence-corrected chi connectivity index (χ2v) is 10.6. The van der Waals surface area contributed by atoms with Gasteiger partial charge in [0.05, 0.1) is 13.0 Å². The Morgan fingerprint density at radius 2 is 1.51 bits per heavy atom. The number of amides is 3. The molecule has 3 amide bonds. The van der Waals surface area contributed by atoms with Gasteiger partial charge in [0.15, 0.2) is 0 Å². The molecule has 39 heavy (non-hydrogen) atoms. The minimum Gasteiger partial charge on any atom is -0.481 e. The van der Waals surface area contributed by atoms with E-state index in [1.807, 2.05) is 0 Å². The molecule has 0 radical (unpaired) electrons. The number of carbonyl (C=O) groups excluding carboxylic acids is 2. The lowest BCUT2D eigenvalue weighted by Gasteiger charge is -2.25. The van der Waals surface area contributed by atoms with Crippen molar-refractivity contribution in [3.8, 4) is 0 Å². The molecule has 0 atom stereocenters. The van der Waals surface area contributed by atoms with Gasteiger partial charge in [0.2, 0.25) is 0 Å². The number of hydrogen-bond acceptors (Lipinski definition) is 3. The first-order valence-electron chi connectivity index (χ1n) is 13.0. The van der Waals surface area contributed by atoms with Crippen molar-refractivity contribution >= 4 is 52.5 Å². The van der Waals surface area contributed by atoms with Crippen molar-refractivity contribution in [1.82, 2.24) is 5.32 Å². The van der Waals surface area contributed by atoms with E-state index in [1.54, 1.807) is 47.4 Å². The van der Waals surface area contributed by atoms with E-state index < -0.39 is 5.97 Å². The molecule has 3 aromatic rings. The number of rotatable bonds is 9. The van der Waals surface area contributed by atoms with Crippen molar-refractivity contribution in [3.05, 3.63) is 93.5 Å². The van der Waals surface area contributed by atoms with Gasteiger partial charge in [-0.2, -0.15) is 0 Å². The standard InChI is InChI=1S/C30H31Cl2N3O4/c31-24-16-25(32)18-26(17-24)34-30(39)35(19-20-6-8-22(9-7-20)21-4-2-1-3-5-21)27-12-10-23(11-13-27)29(38)33-15-14-28(36)37/h6-13,16-18,21H,1-5,14-15,19H2,(H,33,38)(H,34,39)(H,36,37). The van der Waals surface area contributed by atoms with Gasteiger partial charge in [-0.05, 0) is 72.4 Å². The monoisotopic (exact) mass is 567 g/mol. The van der Waals surface area contributed by atoms with Crippen molar-refractivity contribution in [2.24, 2.45) is 0 Å². The molecule has 0 heterocycles. The Morgan fingerprint density at radius 3 is 2.13 bits per heavy atom. The number of carboxylic acid groups (broad SMARTS) is 1. The van der Waals surface area contributed by atoms with Gasteiger partial charge >= 0.3 is 12.0 Å². The molecule has 3 N–H and O–H groups in total. The van der Waals surface area contributed by atoms with E-state index in [0.29, 0.717) is 39.4 Å². The first kappa shape index (κ1) is 28.5. The summed E-state index contributed by atoms with van der Waals surface area (Å²) in [7, 11) is 0. The lowest BCUT2D eigenvalue weighted by molar-refractivity contribution is -0.136. The summed E-state index contributed by atoms with van der Waals surface area (Å²) in [6, 6.07) is 19.5. The smallest absolute Gasteiger partial charge is 0.326 e. The molecule has 0 bridgehead atoms. The summed E-state index contributed by atoms with van der Waals surface area (Å²) in [6.07, 6.45) is 6.10. The van der Waals surface area contributed by atoms with Crippen molar-refractivity contribution in [2.75, 3.05) is 16.8 Å². The van der Waals surface area contributed by atoms with Gasteiger partial charge in [-0.25, -0.2) is 4.79 Å². The third-order valence-corrected chi connectivity index (χ3v) is 7.26. The van der Waals surface area contributed by atoms with Crippen molar-refractivity contribution < 1.29 is 19.5 Å². The van der Waals surface area contributed by atoms with Crippen LogP contribution in [0.1, 0.15) is 65.9 Å². The van der Waals surface area contributed by atoms with Crippen LogP contribution in [0.15, 0.2) is 66.7 Å². The fraction of sp³-hybridized carbons (Fsp3) is 0.300. The molecule has 0 aromatic heterocycles. The summed E-state index contributed by atoms with van der Waals surface area (Å²) < 4.78 is 0. The predicted octanol–water partition coefficient (Wildman–Crippen LogP) is 7.48. The van der Waals surface area contributed by atoms with E-state index in [-0.39, 0.29) is 24.9 Å². The number of nitrogens with one attached hydrogen (secondary N) is 2. The van der Waals surface area contributed by atoms with Gasteiger partial charge < -0.3 is 15.7 Å². The number of hydrogen-bond donors (Lipinski definition) is 3. The Bertz CT molecular complexity index is 1290. The fourth-order valence-electron chi connectivity index (χ4n) is 4.79. The van der Waals surface area contributed by atoms with Crippen LogP contribution in [0.3, 0.4) is 0 Å². The number of halogens is 2. The third kappa shape index (κ3) is 8.22. The first-order chi connectivity index (χ1) is 18.8. The quantitative estimate of drug-likeness (QED) is 0.249.